The molecule has 2 fully saturated rings. The lowest BCUT2D eigenvalue weighted by molar-refractivity contribution is -0.119. The van der Waals surface area contributed by atoms with E-state index in [2.05, 4.69) is 46.3 Å². The van der Waals surface area contributed by atoms with Crippen LogP contribution in [0.3, 0.4) is 0 Å². The normalized spacial score (nSPS) is 25.0. The molecule has 1 aliphatic heterocycles. The third-order valence-corrected chi connectivity index (χ3v) is 5.94. The molecule has 2 aliphatic rings. The first-order chi connectivity index (χ1) is 12.1. The van der Waals surface area contributed by atoms with Gasteiger partial charge in [-0.05, 0) is 63.1 Å². The lowest BCUT2D eigenvalue weighted by Gasteiger charge is -2.38. The lowest BCUT2D eigenvalue weighted by Crippen LogP contribution is -2.47. The molecule has 4 heteroatoms. The van der Waals surface area contributed by atoms with Gasteiger partial charge in [0.15, 0.2) is 0 Å². The zero-order valence-electron chi connectivity index (χ0n) is 15.8. The molecule has 25 heavy (non-hydrogen) atoms. The number of amides is 1. The fourth-order valence-corrected chi connectivity index (χ4v) is 4.38. The molecule has 1 aromatic rings. The molecule has 1 aromatic carbocycles. The second-order valence-electron chi connectivity index (χ2n) is 7.82. The van der Waals surface area contributed by atoms with Crippen LogP contribution in [0, 0.1) is 12.8 Å². The zero-order valence-corrected chi connectivity index (χ0v) is 15.8. The summed E-state index contributed by atoms with van der Waals surface area (Å²) >= 11 is 0. The Labute approximate surface area is 152 Å². The Bertz CT molecular complexity index is 558. The van der Waals surface area contributed by atoms with Crippen LogP contribution in [0.5, 0.6) is 0 Å². The molecule has 138 valence electrons. The Morgan fingerprint density at radius 3 is 2.40 bits per heavy atom. The minimum absolute atomic E-state index is 0.120. The molecule has 1 amide bonds. The van der Waals surface area contributed by atoms with Gasteiger partial charge in [0.25, 0.3) is 0 Å². The van der Waals surface area contributed by atoms with Gasteiger partial charge in [0, 0.05) is 44.8 Å². The summed E-state index contributed by atoms with van der Waals surface area (Å²) in [6.07, 6.45) is 6.18. The summed E-state index contributed by atoms with van der Waals surface area (Å²) in [5.41, 5.74) is 2.78. The topological polar surface area (TPSA) is 35.6 Å². The van der Waals surface area contributed by atoms with Crippen LogP contribution in [-0.4, -0.2) is 49.6 Å². The molecular formula is C21H33N3O. The number of rotatable bonds is 5. The van der Waals surface area contributed by atoms with E-state index in [9.17, 15) is 4.79 Å². The van der Waals surface area contributed by atoms with Crippen molar-refractivity contribution in [1.29, 1.82) is 0 Å². The molecule has 0 radical (unpaired) electrons. The number of anilines is 1. The fraction of sp³-hybridized carbons (Fsp3) is 0.667. The number of nitrogens with one attached hydrogen (secondary N) is 1. The quantitative estimate of drug-likeness (QED) is 0.892. The van der Waals surface area contributed by atoms with Crippen molar-refractivity contribution < 1.29 is 4.79 Å². The average molecular weight is 344 g/mol. The van der Waals surface area contributed by atoms with E-state index in [0.717, 1.165) is 31.8 Å². The largest absolute Gasteiger partial charge is 0.369 e. The number of carbonyl (C=O) groups is 1. The molecule has 1 aliphatic carbocycles. The van der Waals surface area contributed by atoms with E-state index >= 15 is 0 Å². The second-order valence-corrected chi connectivity index (χ2v) is 7.82. The van der Waals surface area contributed by atoms with Crippen molar-refractivity contribution in [2.75, 3.05) is 37.6 Å². The molecular weight excluding hydrogens is 310 g/mol. The Morgan fingerprint density at radius 1 is 1.08 bits per heavy atom. The Balaban J connectivity index is 1.36. The molecule has 1 heterocycles. The summed E-state index contributed by atoms with van der Waals surface area (Å²) < 4.78 is 0. The predicted octanol–water partition coefficient (Wildman–Crippen LogP) is 3.20. The Kier molecular flexibility index (Phi) is 6.35. The standard InChI is InChI=1S/C21H33N3O/c1-17-5-3-4-6-21(17)24-15-13-23(14-16-24)12-11-19-7-9-20(10-8-19)22-18(2)25/h3-6,19-20H,7-16H2,1-2H3,(H,22,25). The fourth-order valence-electron chi connectivity index (χ4n) is 4.38. The first-order valence-corrected chi connectivity index (χ1v) is 9.92. The smallest absolute Gasteiger partial charge is 0.217 e. The molecule has 1 saturated heterocycles. The summed E-state index contributed by atoms with van der Waals surface area (Å²) in [5.74, 6) is 0.967. The van der Waals surface area contributed by atoms with Gasteiger partial charge >= 0.3 is 0 Å². The van der Waals surface area contributed by atoms with Crippen molar-refractivity contribution in [2.24, 2.45) is 5.92 Å². The van der Waals surface area contributed by atoms with Gasteiger partial charge in [-0.3, -0.25) is 9.69 Å². The van der Waals surface area contributed by atoms with E-state index in [1.807, 2.05) is 0 Å². The van der Waals surface area contributed by atoms with E-state index in [-0.39, 0.29) is 5.91 Å². The Morgan fingerprint density at radius 2 is 1.76 bits per heavy atom. The molecule has 0 unspecified atom stereocenters. The summed E-state index contributed by atoms with van der Waals surface area (Å²) in [4.78, 5) is 16.3. The maximum absolute atomic E-state index is 11.2. The average Bonchev–Trinajstić information content (AvgIpc) is 2.62. The van der Waals surface area contributed by atoms with Crippen LogP contribution in [0.4, 0.5) is 5.69 Å². The summed E-state index contributed by atoms with van der Waals surface area (Å²) in [7, 11) is 0. The number of nitrogens with zero attached hydrogens (tertiary/aromatic N) is 2. The van der Waals surface area contributed by atoms with Gasteiger partial charge in [0.1, 0.15) is 0 Å². The van der Waals surface area contributed by atoms with Crippen LogP contribution in [-0.2, 0) is 4.79 Å². The number of benzene rings is 1. The monoisotopic (exact) mass is 343 g/mol. The van der Waals surface area contributed by atoms with Gasteiger partial charge in [-0.1, -0.05) is 18.2 Å². The molecule has 0 bridgehead atoms. The molecule has 0 aromatic heterocycles. The summed E-state index contributed by atoms with van der Waals surface area (Å²) in [6.45, 7) is 9.70. The maximum Gasteiger partial charge on any atom is 0.217 e. The molecule has 1 saturated carbocycles. The minimum atomic E-state index is 0.120. The van der Waals surface area contributed by atoms with Crippen LogP contribution in [0.1, 0.15) is 44.6 Å². The van der Waals surface area contributed by atoms with Crippen LogP contribution < -0.4 is 10.2 Å². The van der Waals surface area contributed by atoms with Crippen molar-refractivity contribution in [2.45, 2.75) is 52.0 Å². The highest BCUT2D eigenvalue weighted by Gasteiger charge is 2.23. The van der Waals surface area contributed by atoms with Gasteiger partial charge < -0.3 is 10.2 Å². The van der Waals surface area contributed by atoms with E-state index < -0.39 is 0 Å². The van der Waals surface area contributed by atoms with Gasteiger partial charge in [0.05, 0.1) is 0 Å². The highest BCUT2D eigenvalue weighted by molar-refractivity contribution is 5.73. The number of para-hydroxylation sites is 1. The highest BCUT2D eigenvalue weighted by atomic mass is 16.1. The zero-order chi connectivity index (χ0) is 17.6. The predicted molar refractivity (Wildman–Crippen MR) is 104 cm³/mol. The van der Waals surface area contributed by atoms with Crippen LogP contribution in [0.25, 0.3) is 0 Å². The van der Waals surface area contributed by atoms with Crippen LogP contribution >= 0.6 is 0 Å². The van der Waals surface area contributed by atoms with Crippen LogP contribution in [0.15, 0.2) is 24.3 Å². The molecule has 4 nitrogen and oxygen atoms in total. The maximum atomic E-state index is 11.2. The highest BCUT2D eigenvalue weighted by Crippen LogP contribution is 2.27. The molecule has 0 atom stereocenters. The van der Waals surface area contributed by atoms with E-state index in [1.54, 1.807) is 6.92 Å². The van der Waals surface area contributed by atoms with Gasteiger partial charge in [-0.25, -0.2) is 0 Å². The number of hydrogen-bond donors (Lipinski definition) is 1. The lowest BCUT2D eigenvalue weighted by atomic mass is 9.84. The first-order valence-electron chi connectivity index (χ1n) is 9.92. The third kappa shape index (κ3) is 5.21. The Hall–Kier alpha value is -1.55. The third-order valence-electron chi connectivity index (χ3n) is 5.94. The summed E-state index contributed by atoms with van der Waals surface area (Å²) in [5, 5.41) is 3.08. The molecule has 0 spiro atoms. The van der Waals surface area contributed by atoms with Gasteiger partial charge in [-0.2, -0.15) is 0 Å². The number of aryl methyl sites for hydroxylation is 1. The first kappa shape index (κ1) is 18.2. The SMILES string of the molecule is CC(=O)NC1CCC(CCN2CCN(c3ccccc3C)CC2)CC1. The van der Waals surface area contributed by atoms with Crippen molar-refractivity contribution >= 4 is 11.6 Å². The van der Waals surface area contributed by atoms with Crippen molar-refractivity contribution in [3.05, 3.63) is 29.8 Å². The van der Waals surface area contributed by atoms with E-state index in [0.29, 0.717) is 6.04 Å². The van der Waals surface area contributed by atoms with Crippen LogP contribution in [0.2, 0.25) is 0 Å². The molecule has 1 N–H and O–H groups in total. The van der Waals surface area contributed by atoms with Crippen molar-refractivity contribution in [3.8, 4) is 0 Å². The van der Waals surface area contributed by atoms with Crippen molar-refractivity contribution in [1.82, 2.24) is 10.2 Å². The summed E-state index contributed by atoms with van der Waals surface area (Å²) in [6, 6.07) is 9.14. The molecule has 3 rings (SSSR count). The van der Waals surface area contributed by atoms with Gasteiger partial charge in [-0.15, -0.1) is 0 Å². The minimum Gasteiger partial charge on any atom is -0.369 e. The van der Waals surface area contributed by atoms with E-state index in [1.165, 1.54) is 50.1 Å². The number of piperazine rings is 1. The number of hydrogen-bond acceptors (Lipinski definition) is 3. The van der Waals surface area contributed by atoms with Crippen molar-refractivity contribution in [3.63, 3.8) is 0 Å². The number of carbonyl (C=O) groups excluding carboxylic acids is 1. The second kappa shape index (κ2) is 8.70. The van der Waals surface area contributed by atoms with E-state index in [4.69, 9.17) is 0 Å². The van der Waals surface area contributed by atoms with Gasteiger partial charge in [0.2, 0.25) is 5.91 Å².